The van der Waals surface area contributed by atoms with Crippen LogP contribution in [0.5, 0.6) is 5.88 Å². The fourth-order valence-electron chi connectivity index (χ4n) is 4.96. The highest BCUT2D eigenvalue weighted by atomic mass is 32.2. The molecule has 1 N–H and O–H groups in total. The Morgan fingerprint density at radius 2 is 1.94 bits per heavy atom. The minimum Gasteiger partial charge on any atom is -0.477 e. The van der Waals surface area contributed by atoms with E-state index in [2.05, 4.69) is 33.3 Å². The molecule has 35 heavy (non-hydrogen) atoms. The van der Waals surface area contributed by atoms with E-state index < -0.39 is 10.0 Å². The highest BCUT2D eigenvalue weighted by Crippen LogP contribution is 2.32. The molecule has 1 saturated heterocycles. The number of hydrogen-bond donors (Lipinski definition) is 1. The second-order valence-corrected chi connectivity index (χ2v) is 11.3. The molecule has 0 amide bonds. The number of H-pyrrole nitrogens is 1. The van der Waals surface area contributed by atoms with Gasteiger partial charge in [0, 0.05) is 44.6 Å². The summed E-state index contributed by atoms with van der Waals surface area (Å²) in [4.78, 5) is 27.3. The average molecular weight is 501 g/mol. The summed E-state index contributed by atoms with van der Waals surface area (Å²) in [6, 6.07) is 1.52. The summed E-state index contributed by atoms with van der Waals surface area (Å²) in [5, 5.41) is 0.543. The van der Waals surface area contributed by atoms with Crippen LogP contribution >= 0.6 is 0 Å². The first-order valence-corrected chi connectivity index (χ1v) is 13.7. The van der Waals surface area contributed by atoms with Crippen molar-refractivity contribution in [2.75, 3.05) is 39.3 Å². The molecule has 1 atom stereocenters. The average Bonchev–Trinajstić information content (AvgIpc) is 3.23. The molecular weight excluding hydrogens is 468 g/mol. The number of piperazine rings is 1. The lowest BCUT2D eigenvalue weighted by atomic mass is 9.98. The van der Waals surface area contributed by atoms with E-state index in [1.807, 2.05) is 13.1 Å². The first kappa shape index (κ1) is 24.0. The number of aromatic nitrogens is 4. The van der Waals surface area contributed by atoms with E-state index in [4.69, 9.17) is 9.72 Å². The van der Waals surface area contributed by atoms with Crippen LogP contribution in [0.1, 0.15) is 32.9 Å². The van der Waals surface area contributed by atoms with Crippen LogP contribution in [0.4, 0.5) is 0 Å². The van der Waals surface area contributed by atoms with Crippen molar-refractivity contribution < 1.29 is 13.2 Å². The van der Waals surface area contributed by atoms with Crippen LogP contribution in [-0.4, -0.2) is 76.5 Å². The summed E-state index contributed by atoms with van der Waals surface area (Å²) >= 11 is 0. The van der Waals surface area contributed by atoms with Gasteiger partial charge in [0.15, 0.2) is 0 Å². The minimum atomic E-state index is -3.75. The molecule has 0 bridgehead atoms. The molecule has 3 aromatic rings. The van der Waals surface area contributed by atoms with Gasteiger partial charge < -0.3 is 19.2 Å². The molecule has 3 aromatic heterocycles. The van der Waals surface area contributed by atoms with E-state index >= 15 is 0 Å². The van der Waals surface area contributed by atoms with Gasteiger partial charge in [-0.2, -0.15) is 4.31 Å². The first-order valence-electron chi connectivity index (χ1n) is 12.3. The number of likely N-dealkylation sites (N-methyl/N-ethyl adjacent to an activating group) is 1. The number of nitrogens with zero attached hydrogens (tertiary/aromatic N) is 5. The maximum Gasteiger partial charge on any atom is 0.260 e. The Balaban J connectivity index is 1.59. The molecule has 5 rings (SSSR count). The molecule has 0 spiro atoms. The van der Waals surface area contributed by atoms with Gasteiger partial charge >= 0.3 is 0 Å². The second-order valence-electron chi connectivity index (χ2n) is 9.34. The summed E-state index contributed by atoms with van der Waals surface area (Å²) in [6.45, 7) is 10.4. The van der Waals surface area contributed by atoms with Crippen molar-refractivity contribution >= 4 is 20.9 Å². The van der Waals surface area contributed by atoms with Crippen LogP contribution in [0, 0.1) is 5.92 Å². The van der Waals surface area contributed by atoms with Crippen molar-refractivity contribution in [3.63, 3.8) is 0 Å². The third-order valence-corrected chi connectivity index (χ3v) is 8.91. The molecule has 5 heterocycles. The maximum absolute atomic E-state index is 13.4. The van der Waals surface area contributed by atoms with Gasteiger partial charge in [0.25, 0.3) is 5.56 Å². The van der Waals surface area contributed by atoms with E-state index in [0.717, 1.165) is 31.6 Å². The van der Waals surface area contributed by atoms with Crippen molar-refractivity contribution in [1.29, 1.82) is 0 Å². The molecule has 188 valence electrons. The normalized spacial score (nSPS) is 19.7. The third-order valence-electron chi connectivity index (χ3n) is 7.04. The number of nitrogens with one attached hydrogen (secondary N) is 1. The van der Waals surface area contributed by atoms with E-state index in [1.54, 1.807) is 0 Å². The number of hydrogen-bond acceptors (Lipinski definition) is 7. The highest BCUT2D eigenvalue weighted by molar-refractivity contribution is 7.89. The predicted molar refractivity (Wildman–Crippen MR) is 133 cm³/mol. The fraction of sp³-hybridized carbons (Fsp3) is 0.542. The van der Waals surface area contributed by atoms with Crippen molar-refractivity contribution in [1.82, 2.24) is 28.7 Å². The summed E-state index contributed by atoms with van der Waals surface area (Å²) in [7, 11) is -3.75. The zero-order valence-corrected chi connectivity index (χ0v) is 21.3. The Morgan fingerprint density at radius 1 is 1.17 bits per heavy atom. The van der Waals surface area contributed by atoms with Gasteiger partial charge in [-0.3, -0.25) is 4.79 Å². The fourth-order valence-corrected chi connectivity index (χ4v) is 6.35. The van der Waals surface area contributed by atoms with Gasteiger partial charge in [-0.25, -0.2) is 18.4 Å². The summed E-state index contributed by atoms with van der Waals surface area (Å²) < 4.78 is 36.2. The molecule has 1 fully saturated rings. The van der Waals surface area contributed by atoms with Crippen molar-refractivity contribution in [2.45, 2.75) is 45.1 Å². The lowest BCUT2D eigenvalue weighted by molar-refractivity contribution is 0.196. The number of rotatable bonds is 6. The van der Waals surface area contributed by atoms with Gasteiger partial charge in [-0.1, -0.05) is 13.8 Å². The number of aromatic amines is 1. The molecular formula is C24H32N6O4S. The molecule has 0 aromatic carbocycles. The molecule has 2 aliphatic rings. The van der Waals surface area contributed by atoms with Crippen molar-refractivity contribution in [2.24, 2.45) is 5.92 Å². The van der Waals surface area contributed by atoms with Crippen LogP contribution in [0.3, 0.4) is 0 Å². The Hall–Kier alpha value is -2.76. The van der Waals surface area contributed by atoms with E-state index in [1.165, 1.54) is 16.6 Å². The lowest BCUT2D eigenvalue weighted by Gasteiger charge is -2.33. The van der Waals surface area contributed by atoms with Crippen molar-refractivity contribution in [3.8, 4) is 17.3 Å². The maximum atomic E-state index is 13.4. The first-order chi connectivity index (χ1) is 16.8. The second kappa shape index (κ2) is 9.36. The molecule has 0 aliphatic carbocycles. The Morgan fingerprint density at radius 3 is 2.66 bits per heavy atom. The van der Waals surface area contributed by atoms with Crippen LogP contribution in [0.25, 0.3) is 22.3 Å². The van der Waals surface area contributed by atoms with Crippen LogP contribution < -0.4 is 10.3 Å². The number of pyridine rings is 1. The summed E-state index contributed by atoms with van der Waals surface area (Å²) in [5.41, 5.74) is 1.80. The monoisotopic (exact) mass is 500 g/mol. The minimum absolute atomic E-state index is 0.0659. The summed E-state index contributed by atoms with van der Waals surface area (Å²) in [6.07, 6.45) is 5.09. The van der Waals surface area contributed by atoms with Crippen molar-refractivity contribution in [3.05, 3.63) is 34.5 Å². The quantitative estimate of drug-likeness (QED) is 0.551. The van der Waals surface area contributed by atoms with E-state index in [-0.39, 0.29) is 22.2 Å². The smallest absolute Gasteiger partial charge is 0.260 e. The number of aryl methyl sites for hydroxylation is 1. The molecule has 11 heteroatoms. The number of fused-ring (bicyclic) bond motifs is 3. The number of sulfonamides is 1. The zero-order valence-electron chi connectivity index (χ0n) is 20.5. The third kappa shape index (κ3) is 4.36. The molecule has 10 nitrogen and oxygen atoms in total. The van der Waals surface area contributed by atoms with E-state index in [0.29, 0.717) is 55.2 Å². The van der Waals surface area contributed by atoms with Gasteiger partial charge in [0.2, 0.25) is 15.9 Å². The Bertz CT molecular complexity index is 1410. The van der Waals surface area contributed by atoms with Crippen LogP contribution in [-0.2, 0) is 23.0 Å². The van der Waals surface area contributed by atoms with Gasteiger partial charge in [-0.05, 0) is 38.3 Å². The van der Waals surface area contributed by atoms with Gasteiger partial charge in [-0.15, -0.1) is 0 Å². The Kier molecular flexibility index (Phi) is 6.41. The molecule has 0 unspecified atom stereocenters. The van der Waals surface area contributed by atoms with Crippen LogP contribution in [0.15, 0.2) is 28.2 Å². The zero-order chi connectivity index (χ0) is 24.7. The van der Waals surface area contributed by atoms with E-state index in [9.17, 15) is 13.2 Å². The largest absolute Gasteiger partial charge is 0.477 e. The number of ether oxygens (including phenoxy) is 1. The standard InChI is InChI=1S/C24H32N6O4S/c1-4-28-8-10-30(11-9-28)35(32,33)17-13-18(24(25-14-17)34-5-2)22-26-21-19(23(31)27-22)15-29-7-6-16(3)12-20(21)29/h13-16H,4-12H2,1-3H3,(H,26,27,31)/t16-/m1/s1. The topological polar surface area (TPSA) is 113 Å². The lowest BCUT2D eigenvalue weighted by Crippen LogP contribution is -2.48. The molecule has 0 radical (unpaired) electrons. The highest BCUT2D eigenvalue weighted by Gasteiger charge is 2.30. The Labute approximate surface area is 205 Å². The predicted octanol–water partition coefficient (Wildman–Crippen LogP) is 2.09. The molecule has 0 saturated carbocycles. The van der Waals surface area contributed by atoms with Gasteiger partial charge in [0.1, 0.15) is 10.7 Å². The SMILES string of the molecule is CCOc1ncc(S(=O)(=O)N2CCN(CC)CC2)cc1-c1nc2c3n(cc2c(=O)[nH]1)CC[C@@H](C)C3. The summed E-state index contributed by atoms with van der Waals surface area (Å²) in [5.74, 6) is 1.01. The molecule has 2 aliphatic heterocycles. The van der Waals surface area contributed by atoms with Crippen LogP contribution in [0.2, 0.25) is 0 Å². The van der Waals surface area contributed by atoms with Gasteiger partial charge in [0.05, 0.1) is 29.3 Å².